The molecule has 5 nitrogen and oxygen atoms in total. The normalized spacial score (nSPS) is 11.2. The third-order valence-electron chi connectivity index (χ3n) is 2.68. The Labute approximate surface area is 122 Å². The van der Waals surface area contributed by atoms with Crippen LogP contribution in [0.1, 0.15) is 22.2 Å². The van der Waals surface area contributed by atoms with Gasteiger partial charge in [0.1, 0.15) is 4.88 Å². The van der Waals surface area contributed by atoms with Gasteiger partial charge in [-0.3, -0.25) is 9.59 Å². The van der Waals surface area contributed by atoms with Crippen LogP contribution in [-0.2, 0) is 9.53 Å². The van der Waals surface area contributed by atoms with Crippen molar-refractivity contribution in [3.8, 4) is 11.8 Å². The molecule has 0 bridgehead atoms. The number of thiophene rings is 1. The summed E-state index contributed by atoms with van der Waals surface area (Å²) in [6, 6.07) is 1.79. The lowest BCUT2D eigenvalue weighted by atomic mass is 10.1. The number of amides is 1. The Balaban J connectivity index is 2.79. The standard InChI is InChI=1S/C14H18N2O3S/c1-10(14(18)19-3)9-16(2)13(17)12-11(5-4-7-15)6-8-20-12/h6,8,10H,7,9,15H2,1-3H3. The molecule has 0 fully saturated rings. The van der Waals surface area contributed by atoms with Crippen LogP contribution in [0, 0.1) is 17.8 Å². The first kappa shape index (κ1) is 16.2. The van der Waals surface area contributed by atoms with Crippen LogP contribution in [0.4, 0.5) is 0 Å². The molecule has 0 aliphatic heterocycles. The summed E-state index contributed by atoms with van der Waals surface area (Å²) < 4.78 is 4.65. The van der Waals surface area contributed by atoms with Crippen molar-refractivity contribution in [3.63, 3.8) is 0 Å². The molecule has 1 unspecified atom stereocenters. The molecule has 0 aliphatic rings. The number of rotatable bonds is 4. The molecule has 1 rings (SSSR count). The van der Waals surface area contributed by atoms with Gasteiger partial charge < -0.3 is 15.4 Å². The van der Waals surface area contributed by atoms with Crippen LogP contribution < -0.4 is 5.73 Å². The first-order valence-corrected chi connectivity index (χ1v) is 6.99. The second kappa shape index (κ2) is 7.68. The van der Waals surface area contributed by atoms with Gasteiger partial charge in [-0.05, 0) is 11.4 Å². The van der Waals surface area contributed by atoms with Gasteiger partial charge in [0.25, 0.3) is 5.91 Å². The van der Waals surface area contributed by atoms with E-state index in [-0.39, 0.29) is 24.3 Å². The average Bonchev–Trinajstić information content (AvgIpc) is 2.91. The molecule has 1 aromatic heterocycles. The summed E-state index contributed by atoms with van der Waals surface area (Å²) >= 11 is 1.33. The third kappa shape index (κ3) is 4.08. The molecule has 2 N–H and O–H groups in total. The molecule has 0 spiro atoms. The van der Waals surface area contributed by atoms with Crippen molar-refractivity contribution in [2.45, 2.75) is 6.92 Å². The molecular weight excluding hydrogens is 276 g/mol. The molecule has 0 aliphatic carbocycles. The highest BCUT2D eigenvalue weighted by molar-refractivity contribution is 7.12. The van der Waals surface area contributed by atoms with Crippen LogP contribution in [0.15, 0.2) is 11.4 Å². The van der Waals surface area contributed by atoms with Gasteiger partial charge in [-0.1, -0.05) is 18.8 Å². The van der Waals surface area contributed by atoms with Crippen molar-refractivity contribution in [1.29, 1.82) is 0 Å². The van der Waals surface area contributed by atoms with E-state index in [0.29, 0.717) is 17.0 Å². The van der Waals surface area contributed by atoms with E-state index in [4.69, 9.17) is 5.73 Å². The molecule has 6 heteroatoms. The molecule has 0 saturated carbocycles. The lowest BCUT2D eigenvalue weighted by molar-refractivity contribution is -0.145. The van der Waals surface area contributed by atoms with E-state index in [2.05, 4.69) is 16.6 Å². The number of carbonyl (C=O) groups excluding carboxylic acids is 2. The SMILES string of the molecule is COC(=O)C(C)CN(C)C(=O)c1sccc1C#CCN. The number of nitrogens with two attached hydrogens (primary N) is 1. The third-order valence-corrected chi connectivity index (χ3v) is 3.58. The van der Waals surface area contributed by atoms with E-state index in [1.807, 2.05) is 5.38 Å². The molecule has 0 aromatic carbocycles. The van der Waals surface area contributed by atoms with Gasteiger partial charge in [-0.15, -0.1) is 11.3 Å². The highest BCUT2D eigenvalue weighted by atomic mass is 32.1. The minimum atomic E-state index is -0.368. The quantitative estimate of drug-likeness (QED) is 0.662. The fraction of sp³-hybridized carbons (Fsp3) is 0.429. The molecule has 0 saturated heterocycles. The predicted molar refractivity (Wildman–Crippen MR) is 78.4 cm³/mol. The highest BCUT2D eigenvalue weighted by Gasteiger charge is 2.21. The Hall–Kier alpha value is -1.84. The molecule has 1 heterocycles. The van der Waals surface area contributed by atoms with Crippen molar-refractivity contribution >= 4 is 23.2 Å². The summed E-state index contributed by atoms with van der Waals surface area (Å²) in [6.45, 7) is 2.27. The fourth-order valence-electron chi connectivity index (χ4n) is 1.66. The van der Waals surface area contributed by atoms with Crippen molar-refractivity contribution in [2.75, 3.05) is 27.2 Å². The molecule has 1 atom stereocenters. The van der Waals surface area contributed by atoms with Gasteiger partial charge in [0.2, 0.25) is 0 Å². The molecule has 1 amide bonds. The van der Waals surface area contributed by atoms with E-state index in [0.717, 1.165) is 0 Å². The Kier molecular flexibility index (Phi) is 6.22. The summed E-state index contributed by atoms with van der Waals surface area (Å²) in [5.74, 6) is 4.75. The van der Waals surface area contributed by atoms with Crippen LogP contribution in [0.5, 0.6) is 0 Å². The smallest absolute Gasteiger partial charge is 0.310 e. The Bertz CT molecular complexity index is 542. The minimum Gasteiger partial charge on any atom is -0.469 e. The van der Waals surface area contributed by atoms with Crippen LogP contribution in [0.3, 0.4) is 0 Å². The van der Waals surface area contributed by atoms with Crippen molar-refractivity contribution < 1.29 is 14.3 Å². The highest BCUT2D eigenvalue weighted by Crippen LogP contribution is 2.18. The van der Waals surface area contributed by atoms with Crippen LogP contribution in [0.2, 0.25) is 0 Å². The predicted octanol–water partition coefficient (Wildman–Crippen LogP) is 0.939. The van der Waals surface area contributed by atoms with Gasteiger partial charge >= 0.3 is 5.97 Å². The zero-order valence-corrected chi connectivity index (χ0v) is 12.6. The summed E-state index contributed by atoms with van der Waals surface area (Å²) in [5.41, 5.74) is 6.00. The number of esters is 1. The lowest BCUT2D eigenvalue weighted by Crippen LogP contribution is -2.34. The molecule has 108 valence electrons. The molecule has 0 radical (unpaired) electrons. The second-order valence-electron chi connectivity index (χ2n) is 4.28. The largest absolute Gasteiger partial charge is 0.469 e. The minimum absolute atomic E-state index is 0.155. The second-order valence-corrected chi connectivity index (χ2v) is 5.20. The number of methoxy groups -OCH3 is 1. The number of hydrogen-bond donors (Lipinski definition) is 1. The van der Waals surface area contributed by atoms with Crippen LogP contribution in [0.25, 0.3) is 0 Å². The first-order chi connectivity index (χ1) is 9.51. The van der Waals surface area contributed by atoms with Crippen LogP contribution >= 0.6 is 11.3 Å². The summed E-state index contributed by atoms with van der Waals surface area (Å²) in [5, 5.41) is 1.81. The van der Waals surface area contributed by atoms with Gasteiger partial charge in [0.15, 0.2) is 0 Å². The first-order valence-electron chi connectivity index (χ1n) is 6.11. The van der Waals surface area contributed by atoms with Gasteiger partial charge in [0.05, 0.1) is 19.6 Å². The average molecular weight is 294 g/mol. The van der Waals surface area contributed by atoms with Crippen molar-refractivity contribution in [3.05, 3.63) is 21.9 Å². The summed E-state index contributed by atoms with van der Waals surface area (Å²) in [6.07, 6.45) is 0. The zero-order chi connectivity index (χ0) is 15.1. The topological polar surface area (TPSA) is 72.6 Å². The van der Waals surface area contributed by atoms with Gasteiger partial charge in [-0.2, -0.15) is 0 Å². The summed E-state index contributed by atoms with van der Waals surface area (Å²) in [4.78, 5) is 25.8. The Morgan fingerprint density at radius 1 is 1.55 bits per heavy atom. The molecule has 20 heavy (non-hydrogen) atoms. The maximum atomic E-state index is 12.3. The van der Waals surface area contributed by atoms with E-state index in [1.165, 1.54) is 23.3 Å². The van der Waals surface area contributed by atoms with Gasteiger partial charge in [0, 0.05) is 19.2 Å². The Morgan fingerprint density at radius 2 is 2.25 bits per heavy atom. The van der Waals surface area contributed by atoms with E-state index in [9.17, 15) is 9.59 Å². The molecular formula is C14H18N2O3S. The maximum absolute atomic E-state index is 12.3. The van der Waals surface area contributed by atoms with E-state index in [1.54, 1.807) is 20.0 Å². The molecule has 1 aromatic rings. The number of carbonyl (C=O) groups is 2. The van der Waals surface area contributed by atoms with E-state index >= 15 is 0 Å². The summed E-state index contributed by atoms with van der Waals surface area (Å²) in [7, 11) is 2.99. The van der Waals surface area contributed by atoms with Crippen molar-refractivity contribution in [2.24, 2.45) is 11.7 Å². The maximum Gasteiger partial charge on any atom is 0.310 e. The fourth-order valence-corrected chi connectivity index (χ4v) is 2.51. The van der Waals surface area contributed by atoms with Gasteiger partial charge in [-0.25, -0.2) is 0 Å². The van der Waals surface area contributed by atoms with Crippen molar-refractivity contribution in [1.82, 2.24) is 4.90 Å². The number of ether oxygens (including phenoxy) is 1. The zero-order valence-electron chi connectivity index (χ0n) is 11.8. The lowest BCUT2D eigenvalue weighted by Gasteiger charge is -2.19. The number of hydrogen-bond acceptors (Lipinski definition) is 5. The van der Waals surface area contributed by atoms with Crippen LogP contribution in [-0.4, -0.2) is 44.0 Å². The van der Waals surface area contributed by atoms with E-state index < -0.39 is 0 Å². The monoisotopic (exact) mass is 294 g/mol. The Morgan fingerprint density at radius 3 is 2.85 bits per heavy atom. The number of nitrogens with zero attached hydrogens (tertiary/aromatic N) is 1.